The van der Waals surface area contributed by atoms with E-state index in [1.54, 1.807) is 35.2 Å². The SMILES string of the molecule is CN1CCC(N(Cc2ccco2)C(=O)Cn2c(C(F)(F)F)nc3ccccc32)CC1. The number of rotatable bonds is 5. The molecular weight excluding hydrogens is 397 g/mol. The van der Waals surface area contributed by atoms with Crippen LogP contribution in [0.4, 0.5) is 13.2 Å². The Balaban J connectivity index is 1.65. The minimum absolute atomic E-state index is 0.0528. The molecule has 0 unspecified atom stereocenters. The van der Waals surface area contributed by atoms with Gasteiger partial charge in [0.05, 0.1) is 23.8 Å². The number of aromatic nitrogens is 2. The summed E-state index contributed by atoms with van der Waals surface area (Å²) in [5.41, 5.74) is 0.508. The molecule has 3 heterocycles. The van der Waals surface area contributed by atoms with Crippen molar-refractivity contribution in [1.82, 2.24) is 19.4 Å². The van der Waals surface area contributed by atoms with Crippen LogP contribution in [-0.2, 0) is 24.1 Å². The maximum Gasteiger partial charge on any atom is 0.449 e. The molecule has 0 saturated carbocycles. The summed E-state index contributed by atoms with van der Waals surface area (Å²) >= 11 is 0. The number of alkyl halides is 3. The zero-order chi connectivity index (χ0) is 21.3. The molecule has 1 amide bonds. The van der Waals surface area contributed by atoms with Crippen LogP contribution >= 0.6 is 0 Å². The molecular formula is C21H23F3N4O2. The van der Waals surface area contributed by atoms with Crippen molar-refractivity contribution >= 4 is 16.9 Å². The van der Waals surface area contributed by atoms with Crippen molar-refractivity contribution in [3.8, 4) is 0 Å². The largest absolute Gasteiger partial charge is 0.467 e. The van der Waals surface area contributed by atoms with Crippen LogP contribution in [0.15, 0.2) is 47.1 Å². The molecule has 4 rings (SSSR count). The van der Waals surface area contributed by atoms with E-state index in [-0.39, 0.29) is 24.0 Å². The summed E-state index contributed by atoms with van der Waals surface area (Å²) in [7, 11) is 2.02. The predicted molar refractivity (Wildman–Crippen MR) is 105 cm³/mol. The summed E-state index contributed by atoms with van der Waals surface area (Å²) in [6.45, 7) is 1.46. The number of nitrogens with zero attached hydrogens (tertiary/aromatic N) is 4. The molecule has 1 aromatic carbocycles. The Morgan fingerprint density at radius 2 is 1.93 bits per heavy atom. The van der Waals surface area contributed by atoms with E-state index in [1.807, 2.05) is 7.05 Å². The van der Waals surface area contributed by atoms with Gasteiger partial charge in [0.25, 0.3) is 0 Å². The molecule has 6 nitrogen and oxygen atoms in total. The first-order valence-electron chi connectivity index (χ1n) is 9.86. The van der Waals surface area contributed by atoms with Gasteiger partial charge in [-0.15, -0.1) is 0 Å². The van der Waals surface area contributed by atoms with E-state index < -0.39 is 18.5 Å². The average Bonchev–Trinajstić information content (AvgIpc) is 3.35. The Bertz CT molecular complexity index is 1010. The number of furan rings is 1. The first kappa shape index (κ1) is 20.5. The van der Waals surface area contributed by atoms with Gasteiger partial charge in [-0.3, -0.25) is 4.79 Å². The average molecular weight is 420 g/mol. The summed E-state index contributed by atoms with van der Waals surface area (Å²) in [5, 5.41) is 0. The number of halogens is 3. The third-order valence-corrected chi connectivity index (χ3v) is 5.56. The van der Waals surface area contributed by atoms with Crippen molar-refractivity contribution < 1.29 is 22.4 Å². The molecule has 160 valence electrons. The van der Waals surface area contributed by atoms with Crippen molar-refractivity contribution in [2.24, 2.45) is 0 Å². The van der Waals surface area contributed by atoms with Crippen molar-refractivity contribution in [3.05, 3.63) is 54.2 Å². The second kappa shape index (κ2) is 8.14. The number of carbonyl (C=O) groups excluding carboxylic acids is 1. The number of hydrogen-bond acceptors (Lipinski definition) is 4. The highest BCUT2D eigenvalue weighted by atomic mass is 19.4. The first-order chi connectivity index (χ1) is 14.3. The molecule has 0 bridgehead atoms. The fourth-order valence-corrected chi connectivity index (χ4v) is 3.98. The highest BCUT2D eigenvalue weighted by molar-refractivity contribution is 5.81. The summed E-state index contributed by atoms with van der Waals surface area (Å²) in [6.07, 6.45) is -1.60. The van der Waals surface area contributed by atoms with Crippen LogP contribution in [0.1, 0.15) is 24.4 Å². The summed E-state index contributed by atoms with van der Waals surface area (Å²) in [6, 6.07) is 9.79. The Labute approximate surface area is 171 Å². The van der Waals surface area contributed by atoms with Gasteiger partial charge in [-0.25, -0.2) is 4.98 Å². The second-order valence-corrected chi connectivity index (χ2v) is 7.64. The van der Waals surface area contributed by atoms with Crippen molar-refractivity contribution in [2.45, 2.75) is 38.1 Å². The summed E-state index contributed by atoms with van der Waals surface area (Å²) in [4.78, 5) is 20.9. The molecule has 1 aliphatic heterocycles. The lowest BCUT2D eigenvalue weighted by Gasteiger charge is -2.37. The fraction of sp³-hybridized carbons (Fsp3) is 0.429. The molecule has 0 radical (unpaired) electrons. The lowest BCUT2D eigenvalue weighted by atomic mass is 10.0. The number of likely N-dealkylation sites (tertiary alicyclic amines) is 1. The zero-order valence-electron chi connectivity index (χ0n) is 16.6. The van der Waals surface area contributed by atoms with Crippen LogP contribution in [0.5, 0.6) is 0 Å². The van der Waals surface area contributed by atoms with Crippen molar-refractivity contribution in [1.29, 1.82) is 0 Å². The molecule has 0 N–H and O–H groups in total. The minimum Gasteiger partial charge on any atom is -0.467 e. The van der Waals surface area contributed by atoms with Gasteiger partial charge in [-0.05, 0) is 57.2 Å². The van der Waals surface area contributed by atoms with E-state index in [2.05, 4.69) is 9.88 Å². The molecule has 30 heavy (non-hydrogen) atoms. The van der Waals surface area contributed by atoms with Gasteiger partial charge < -0.3 is 18.8 Å². The lowest BCUT2D eigenvalue weighted by Crippen LogP contribution is -2.47. The van der Waals surface area contributed by atoms with E-state index in [1.165, 1.54) is 12.3 Å². The zero-order valence-corrected chi connectivity index (χ0v) is 16.6. The number of fused-ring (bicyclic) bond motifs is 1. The van der Waals surface area contributed by atoms with Crippen LogP contribution < -0.4 is 0 Å². The van der Waals surface area contributed by atoms with Crippen LogP contribution in [0.25, 0.3) is 11.0 Å². The standard InChI is InChI=1S/C21H23F3N4O2/c1-26-10-8-15(9-11-26)27(13-16-5-4-12-30-16)19(29)14-28-18-7-3-2-6-17(18)25-20(28)21(22,23)24/h2-7,12,15H,8-11,13-14H2,1H3. The van der Waals surface area contributed by atoms with E-state index in [4.69, 9.17) is 4.42 Å². The molecule has 1 saturated heterocycles. The maximum absolute atomic E-state index is 13.6. The number of carbonyl (C=O) groups is 1. The topological polar surface area (TPSA) is 54.5 Å². The van der Waals surface area contributed by atoms with E-state index >= 15 is 0 Å². The third kappa shape index (κ3) is 4.21. The normalized spacial score (nSPS) is 16.3. The van der Waals surface area contributed by atoms with Crippen LogP contribution in [0, 0.1) is 0 Å². The van der Waals surface area contributed by atoms with Gasteiger partial charge in [0.15, 0.2) is 0 Å². The van der Waals surface area contributed by atoms with Gasteiger partial charge in [-0.2, -0.15) is 13.2 Å². The first-order valence-corrected chi connectivity index (χ1v) is 9.86. The monoisotopic (exact) mass is 420 g/mol. The van der Waals surface area contributed by atoms with Gasteiger partial charge in [0.2, 0.25) is 11.7 Å². The number of piperidine rings is 1. The molecule has 0 aliphatic carbocycles. The van der Waals surface area contributed by atoms with E-state index in [9.17, 15) is 18.0 Å². The van der Waals surface area contributed by atoms with Crippen LogP contribution in [0.3, 0.4) is 0 Å². The van der Waals surface area contributed by atoms with E-state index in [0.717, 1.165) is 30.5 Å². The van der Waals surface area contributed by atoms with Crippen LogP contribution in [0.2, 0.25) is 0 Å². The Hall–Kier alpha value is -2.81. The molecule has 0 atom stereocenters. The quantitative estimate of drug-likeness (QED) is 0.631. The van der Waals surface area contributed by atoms with Gasteiger partial charge >= 0.3 is 6.18 Å². The number of para-hydroxylation sites is 2. The molecule has 2 aromatic heterocycles. The highest BCUT2D eigenvalue weighted by Gasteiger charge is 2.38. The van der Waals surface area contributed by atoms with E-state index in [0.29, 0.717) is 11.3 Å². The highest BCUT2D eigenvalue weighted by Crippen LogP contribution is 2.32. The van der Waals surface area contributed by atoms with Gasteiger partial charge in [0.1, 0.15) is 12.3 Å². The smallest absolute Gasteiger partial charge is 0.449 e. The number of benzene rings is 1. The van der Waals surface area contributed by atoms with Gasteiger partial charge in [0, 0.05) is 6.04 Å². The molecule has 1 aliphatic rings. The third-order valence-electron chi connectivity index (χ3n) is 5.56. The Kier molecular flexibility index (Phi) is 5.55. The van der Waals surface area contributed by atoms with Crippen molar-refractivity contribution in [2.75, 3.05) is 20.1 Å². The Morgan fingerprint density at radius 1 is 1.20 bits per heavy atom. The molecule has 3 aromatic rings. The summed E-state index contributed by atoms with van der Waals surface area (Å²) in [5.74, 6) is -0.832. The Morgan fingerprint density at radius 3 is 2.60 bits per heavy atom. The van der Waals surface area contributed by atoms with Crippen molar-refractivity contribution in [3.63, 3.8) is 0 Å². The number of imidazole rings is 1. The van der Waals surface area contributed by atoms with Crippen LogP contribution in [-0.4, -0.2) is 51.4 Å². The fourth-order valence-electron chi connectivity index (χ4n) is 3.98. The lowest BCUT2D eigenvalue weighted by molar-refractivity contribution is -0.148. The maximum atomic E-state index is 13.6. The molecule has 1 fully saturated rings. The summed E-state index contributed by atoms with van der Waals surface area (Å²) < 4.78 is 47.2. The number of hydrogen-bond donors (Lipinski definition) is 0. The molecule has 9 heteroatoms. The molecule has 0 spiro atoms. The second-order valence-electron chi connectivity index (χ2n) is 7.64. The minimum atomic E-state index is -4.65. The van der Waals surface area contributed by atoms with Gasteiger partial charge in [-0.1, -0.05) is 12.1 Å². The number of amides is 1. The predicted octanol–water partition coefficient (Wildman–Crippen LogP) is 3.77.